The molecule has 17 heavy (non-hydrogen) atoms. The van der Waals surface area contributed by atoms with Crippen LogP contribution in [0.15, 0.2) is 16.1 Å². The van der Waals surface area contributed by atoms with E-state index < -0.39 is 0 Å². The van der Waals surface area contributed by atoms with Crippen molar-refractivity contribution in [3.8, 4) is 0 Å². The Balaban J connectivity index is 4.71. The minimum absolute atomic E-state index is 0.0632. The molecule has 0 saturated heterocycles. The number of nitrogens with zero attached hydrogens (tertiary/aromatic N) is 1. The van der Waals surface area contributed by atoms with Crippen LogP contribution in [0.4, 0.5) is 0 Å². The van der Waals surface area contributed by atoms with Crippen LogP contribution in [0.1, 0.15) is 53.4 Å². The molecule has 3 heteroatoms. The van der Waals surface area contributed by atoms with Gasteiger partial charge in [-0.1, -0.05) is 18.9 Å². The summed E-state index contributed by atoms with van der Waals surface area (Å²) in [6, 6.07) is 0. The Morgan fingerprint density at radius 3 is 2.47 bits per heavy atom. The first-order valence-corrected chi connectivity index (χ1v) is 6.33. The zero-order valence-corrected chi connectivity index (χ0v) is 11.7. The van der Waals surface area contributed by atoms with Crippen molar-refractivity contribution < 1.29 is 9.53 Å². The molecule has 0 aromatic carbocycles. The summed E-state index contributed by atoms with van der Waals surface area (Å²) in [7, 11) is 1.74. The van der Waals surface area contributed by atoms with E-state index in [-0.39, 0.29) is 12.1 Å². The number of hydrogen-bond donors (Lipinski definition) is 0. The van der Waals surface area contributed by atoms with Crippen LogP contribution in [0.2, 0.25) is 0 Å². The molecule has 0 fully saturated rings. The summed E-state index contributed by atoms with van der Waals surface area (Å²) in [5, 5.41) is 0. The molecule has 0 unspecified atom stereocenters. The predicted octanol–water partition coefficient (Wildman–Crippen LogP) is 3.54. The van der Waals surface area contributed by atoms with Crippen LogP contribution >= 0.6 is 0 Å². The maximum absolute atomic E-state index is 11.9. The molecule has 3 nitrogen and oxygen atoms in total. The van der Waals surface area contributed by atoms with Crippen LogP contribution in [-0.2, 0) is 9.53 Å². The topological polar surface area (TPSA) is 38.7 Å². The van der Waals surface area contributed by atoms with E-state index >= 15 is 0 Å². The number of rotatable bonds is 7. The van der Waals surface area contributed by atoms with Crippen LogP contribution in [0.3, 0.4) is 0 Å². The second-order valence-corrected chi connectivity index (χ2v) is 4.44. The lowest BCUT2D eigenvalue weighted by atomic mass is 10.0. The van der Waals surface area contributed by atoms with Gasteiger partial charge in [0, 0.05) is 12.6 Å². The van der Waals surface area contributed by atoms with Crippen molar-refractivity contribution in [1.82, 2.24) is 0 Å². The fourth-order valence-electron chi connectivity index (χ4n) is 1.64. The van der Waals surface area contributed by atoms with E-state index in [4.69, 9.17) is 4.74 Å². The zero-order chi connectivity index (χ0) is 13.3. The molecule has 0 aromatic heterocycles. The number of esters is 1. The number of carbonyl (C=O) groups excluding carboxylic acids is 1. The van der Waals surface area contributed by atoms with E-state index in [0.29, 0.717) is 6.42 Å². The lowest BCUT2D eigenvalue weighted by Gasteiger charge is -2.13. The molecule has 0 rings (SSSR count). The van der Waals surface area contributed by atoms with E-state index in [1.807, 2.05) is 27.0 Å². The molecule has 0 aliphatic carbocycles. The molecular formula is C14H25NO2. The number of carbonyl (C=O) groups is 1. The summed E-state index contributed by atoms with van der Waals surface area (Å²) >= 11 is 0. The van der Waals surface area contributed by atoms with E-state index in [1.165, 1.54) is 0 Å². The maximum Gasteiger partial charge on any atom is 0.334 e. The highest BCUT2D eigenvalue weighted by Crippen LogP contribution is 2.17. The second kappa shape index (κ2) is 8.97. The summed E-state index contributed by atoms with van der Waals surface area (Å²) in [6.07, 6.45) is 5.28. The molecule has 0 atom stereocenters. The van der Waals surface area contributed by atoms with Crippen molar-refractivity contribution >= 4 is 12.2 Å². The van der Waals surface area contributed by atoms with Gasteiger partial charge in [-0.05, 0) is 46.2 Å². The van der Waals surface area contributed by atoms with Gasteiger partial charge in [0.1, 0.15) is 0 Å². The summed E-state index contributed by atoms with van der Waals surface area (Å²) < 4.78 is 5.27. The van der Waals surface area contributed by atoms with Crippen LogP contribution in [0, 0.1) is 0 Å². The average molecular weight is 239 g/mol. The summed E-state index contributed by atoms with van der Waals surface area (Å²) in [5.74, 6) is -0.171. The van der Waals surface area contributed by atoms with Crippen LogP contribution in [0.25, 0.3) is 0 Å². The Hall–Kier alpha value is -1.12. The number of aliphatic imine (C=N–C) groups is 1. The van der Waals surface area contributed by atoms with Crippen LogP contribution < -0.4 is 0 Å². The largest absolute Gasteiger partial charge is 0.460 e. The summed E-state index contributed by atoms with van der Waals surface area (Å²) in [5.41, 5.74) is 1.96. The Bertz CT molecular complexity index is 291. The summed E-state index contributed by atoms with van der Waals surface area (Å²) in [4.78, 5) is 15.9. The maximum atomic E-state index is 11.9. The Labute approximate surface area is 105 Å². The molecule has 0 aliphatic rings. The third-order valence-corrected chi connectivity index (χ3v) is 2.44. The zero-order valence-electron chi connectivity index (χ0n) is 11.7. The molecule has 0 bridgehead atoms. The van der Waals surface area contributed by atoms with Crippen molar-refractivity contribution in [3.63, 3.8) is 0 Å². The lowest BCUT2D eigenvalue weighted by molar-refractivity contribution is -0.142. The summed E-state index contributed by atoms with van der Waals surface area (Å²) in [6.45, 7) is 7.88. The molecule has 0 saturated carbocycles. The van der Waals surface area contributed by atoms with Crippen molar-refractivity contribution in [2.45, 2.75) is 59.5 Å². The van der Waals surface area contributed by atoms with Gasteiger partial charge in [0.25, 0.3) is 0 Å². The Kier molecular flexibility index (Phi) is 8.38. The van der Waals surface area contributed by atoms with E-state index in [1.54, 1.807) is 7.05 Å². The average Bonchev–Trinajstić information content (AvgIpc) is 2.23. The van der Waals surface area contributed by atoms with Gasteiger partial charge in [-0.15, -0.1) is 0 Å². The Morgan fingerprint density at radius 2 is 2.00 bits per heavy atom. The van der Waals surface area contributed by atoms with Gasteiger partial charge in [0.15, 0.2) is 0 Å². The smallest absolute Gasteiger partial charge is 0.334 e. The van der Waals surface area contributed by atoms with Crippen molar-refractivity contribution in [3.05, 3.63) is 11.1 Å². The first-order chi connectivity index (χ1) is 8.02. The molecule has 0 aromatic rings. The van der Waals surface area contributed by atoms with Gasteiger partial charge in [0.2, 0.25) is 0 Å². The monoisotopic (exact) mass is 239 g/mol. The fourth-order valence-corrected chi connectivity index (χ4v) is 1.64. The molecule has 98 valence electrons. The first-order valence-electron chi connectivity index (χ1n) is 6.33. The standard InChI is InChI=1S/C14H25NO2/c1-6-8-12(4)13(9-7-10-15-5)14(16)17-11(2)3/h10-11H,6-9H2,1-5H3. The minimum Gasteiger partial charge on any atom is -0.460 e. The third-order valence-electron chi connectivity index (χ3n) is 2.44. The quantitative estimate of drug-likeness (QED) is 0.387. The van der Waals surface area contributed by atoms with E-state index in [0.717, 1.165) is 30.4 Å². The third kappa shape index (κ3) is 6.93. The molecular weight excluding hydrogens is 214 g/mol. The number of allylic oxidation sites excluding steroid dienone is 1. The molecule has 0 aliphatic heterocycles. The van der Waals surface area contributed by atoms with Gasteiger partial charge < -0.3 is 9.73 Å². The van der Waals surface area contributed by atoms with E-state index in [9.17, 15) is 4.79 Å². The number of ether oxygens (including phenoxy) is 1. The van der Waals surface area contributed by atoms with Crippen molar-refractivity contribution in [1.29, 1.82) is 0 Å². The fraction of sp³-hybridized carbons (Fsp3) is 0.714. The van der Waals surface area contributed by atoms with Gasteiger partial charge in [-0.2, -0.15) is 0 Å². The second-order valence-electron chi connectivity index (χ2n) is 4.44. The van der Waals surface area contributed by atoms with Gasteiger partial charge in [-0.3, -0.25) is 0 Å². The van der Waals surface area contributed by atoms with E-state index in [2.05, 4.69) is 11.9 Å². The molecule has 0 heterocycles. The van der Waals surface area contributed by atoms with Crippen molar-refractivity contribution in [2.75, 3.05) is 7.05 Å². The van der Waals surface area contributed by atoms with Crippen LogP contribution in [-0.4, -0.2) is 25.3 Å². The SMILES string of the molecule is CCCC(C)=C(CCC=NC)C(=O)OC(C)C. The highest BCUT2D eigenvalue weighted by molar-refractivity contribution is 5.89. The number of hydrogen-bond acceptors (Lipinski definition) is 3. The first kappa shape index (κ1) is 15.9. The van der Waals surface area contributed by atoms with Gasteiger partial charge in [0.05, 0.1) is 6.10 Å². The van der Waals surface area contributed by atoms with Gasteiger partial charge >= 0.3 is 5.97 Å². The lowest BCUT2D eigenvalue weighted by Crippen LogP contribution is -2.15. The molecule has 0 amide bonds. The highest BCUT2D eigenvalue weighted by Gasteiger charge is 2.14. The normalized spacial score (nSPS) is 13.1. The molecule has 0 spiro atoms. The predicted molar refractivity (Wildman–Crippen MR) is 72.5 cm³/mol. The van der Waals surface area contributed by atoms with Gasteiger partial charge in [-0.25, -0.2) is 4.79 Å². The minimum atomic E-state index is -0.171. The van der Waals surface area contributed by atoms with Crippen LogP contribution in [0.5, 0.6) is 0 Å². The van der Waals surface area contributed by atoms with Crippen molar-refractivity contribution in [2.24, 2.45) is 4.99 Å². The highest BCUT2D eigenvalue weighted by atomic mass is 16.5. The Morgan fingerprint density at radius 1 is 1.35 bits per heavy atom. The molecule has 0 N–H and O–H groups in total. The molecule has 0 radical (unpaired) electrons.